The van der Waals surface area contributed by atoms with E-state index >= 15 is 0 Å². The van der Waals surface area contributed by atoms with Gasteiger partial charge in [-0.3, -0.25) is 9.59 Å². The molecule has 144 valence electrons. The molecule has 0 atom stereocenters. The summed E-state index contributed by atoms with van der Waals surface area (Å²) in [5.74, 6) is -0.588. The Kier molecular flexibility index (Phi) is 5.54. The molecule has 0 saturated heterocycles. The Hall–Kier alpha value is -3.48. The minimum atomic E-state index is -0.351. The van der Waals surface area contributed by atoms with Crippen LogP contribution in [-0.2, 0) is 11.3 Å². The summed E-state index contributed by atoms with van der Waals surface area (Å²) >= 11 is 0. The van der Waals surface area contributed by atoms with Gasteiger partial charge in [0.05, 0.1) is 5.69 Å². The number of rotatable bonds is 5. The smallest absolute Gasteiger partial charge is 0.278 e. The molecule has 1 aromatic heterocycles. The van der Waals surface area contributed by atoms with Crippen LogP contribution in [0.15, 0.2) is 42.5 Å². The van der Waals surface area contributed by atoms with E-state index in [4.69, 9.17) is 0 Å². The maximum atomic E-state index is 12.6. The third kappa shape index (κ3) is 4.25. The van der Waals surface area contributed by atoms with Gasteiger partial charge in [0.2, 0.25) is 5.91 Å². The number of nitrogens with one attached hydrogen (secondary N) is 2. The van der Waals surface area contributed by atoms with Crippen LogP contribution in [0.5, 0.6) is 0 Å². The molecule has 0 fully saturated rings. The van der Waals surface area contributed by atoms with Gasteiger partial charge in [0.1, 0.15) is 6.54 Å². The Morgan fingerprint density at radius 3 is 2.39 bits per heavy atom. The lowest BCUT2D eigenvalue weighted by molar-refractivity contribution is -0.117. The fraction of sp³-hybridized carbons (Fsp3) is 0.238. The van der Waals surface area contributed by atoms with E-state index in [9.17, 15) is 9.59 Å². The number of aryl methyl sites for hydroxylation is 2. The van der Waals surface area contributed by atoms with E-state index in [1.54, 1.807) is 6.92 Å². The monoisotopic (exact) mass is 377 g/mol. The van der Waals surface area contributed by atoms with Crippen molar-refractivity contribution < 1.29 is 9.59 Å². The normalized spacial score (nSPS) is 10.6. The largest absolute Gasteiger partial charge is 0.324 e. The van der Waals surface area contributed by atoms with Gasteiger partial charge in [-0.05, 0) is 57.0 Å². The van der Waals surface area contributed by atoms with E-state index in [1.807, 2.05) is 63.2 Å². The van der Waals surface area contributed by atoms with Crippen LogP contribution in [0.3, 0.4) is 0 Å². The zero-order valence-electron chi connectivity index (χ0n) is 16.4. The molecule has 3 rings (SSSR count). The lowest BCUT2D eigenvalue weighted by Gasteiger charge is -2.10. The molecule has 1 heterocycles. The number of aromatic nitrogens is 3. The molecule has 0 aliphatic heterocycles. The predicted molar refractivity (Wildman–Crippen MR) is 108 cm³/mol. The SMILES string of the molecule is Cc1ccc(NC(=O)Cn2nnc(C(=O)Nc3cccc(C)c3C)c2C)cc1. The van der Waals surface area contributed by atoms with Crippen molar-refractivity contribution in [2.45, 2.75) is 34.2 Å². The number of benzene rings is 2. The maximum absolute atomic E-state index is 12.6. The van der Waals surface area contributed by atoms with E-state index in [2.05, 4.69) is 20.9 Å². The van der Waals surface area contributed by atoms with E-state index in [1.165, 1.54) is 4.68 Å². The molecule has 0 bridgehead atoms. The molecule has 7 heteroatoms. The molecule has 0 radical (unpaired) electrons. The first kappa shape index (κ1) is 19.3. The summed E-state index contributed by atoms with van der Waals surface area (Å²) in [6.45, 7) is 7.61. The van der Waals surface area contributed by atoms with Crippen molar-refractivity contribution in [3.05, 3.63) is 70.5 Å². The standard InChI is InChI=1S/C21H23N5O2/c1-13-8-10-17(11-9-13)22-19(27)12-26-16(4)20(24-25-26)21(28)23-18-7-5-6-14(2)15(18)3/h5-11H,12H2,1-4H3,(H,22,27)(H,23,28). The fourth-order valence-electron chi connectivity index (χ4n) is 2.76. The second kappa shape index (κ2) is 8.04. The van der Waals surface area contributed by atoms with Gasteiger partial charge in [0, 0.05) is 11.4 Å². The highest BCUT2D eigenvalue weighted by atomic mass is 16.2. The predicted octanol–water partition coefficient (Wildman–Crippen LogP) is 3.40. The van der Waals surface area contributed by atoms with Crippen LogP contribution in [0.1, 0.15) is 32.9 Å². The van der Waals surface area contributed by atoms with Crippen LogP contribution >= 0.6 is 0 Å². The lowest BCUT2D eigenvalue weighted by Crippen LogP contribution is -2.21. The summed E-state index contributed by atoms with van der Waals surface area (Å²) in [5, 5.41) is 13.6. The van der Waals surface area contributed by atoms with Crippen molar-refractivity contribution >= 4 is 23.2 Å². The minimum Gasteiger partial charge on any atom is -0.324 e. The molecule has 2 N–H and O–H groups in total. The first-order valence-electron chi connectivity index (χ1n) is 8.99. The van der Waals surface area contributed by atoms with Crippen LogP contribution in [0, 0.1) is 27.7 Å². The van der Waals surface area contributed by atoms with Gasteiger partial charge < -0.3 is 10.6 Å². The van der Waals surface area contributed by atoms with Crippen molar-refractivity contribution in [3.63, 3.8) is 0 Å². The highest BCUT2D eigenvalue weighted by molar-refractivity contribution is 6.04. The molecule has 0 unspecified atom stereocenters. The fourth-order valence-corrected chi connectivity index (χ4v) is 2.76. The van der Waals surface area contributed by atoms with Crippen molar-refractivity contribution in [1.82, 2.24) is 15.0 Å². The molecular formula is C21H23N5O2. The van der Waals surface area contributed by atoms with Gasteiger partial charge >= 0.3 is 0 Å². The van der Waals surface area contributed by atoms with Gasteiger partial charge in [-0.25, -0.2) is 4.68 Å². The van der Waals surface area contributed by atoms with Crippen molar-refractivity contribution in [1.29, 1.82) is 0 Å². The van der Waals surface area contributed by atoms with Crippen molar-refractivity contribution in [2.75, 3.05) is 10.6 Å². The second-order valence-corrected chi connectivity index (χ2v) is 6.80. The van der Waals surface area contributed by atoms with E-state index in [0.717, 1.165) is 22.4 Å². The first-order valence-corrected chi connectivity index (χ1v) is 8.99. The van der Waals surface area contributed by atoms with Gasteiger partial charge in [-0.15, -0.1) is 5.10 Å². The topological polar surface area (TPSA) is 88.9 Å². The van der Waals surface area contributed by atoms with Gasteiger partial charge in [0.15, 0.2) is 5.69 Å². The third-order valence-electron chi connectivity index (χ3n) is 4.68. The summed E-state index contributed by atoms with van der Waals surface area (Å²) in [6.07, 6.45) is 0. The summed E-state index contributed by atoms with van der Waals surface area (Å²) in [7, 11) is 0. The highest BCUT2D eigenvalue weighted by Crippen LogP contribution is 2.19. The summed E-state index contributed by atoms with van der Waals surface area (Å²) in [6, 6.07) is 13.2. The lowest BCUT2D eigenvalue weighted by atomic mass is 10.1. The molecule has 0 aliphatic carbocycles. The van der Waals surface area contributed by atoms with Gasteiger partial charge in [0.25, 0.3) is 5.91 Å². The molecule has 0 aliphatic rings. The average Bonchev–Trinajstić information content (AvgIpc) is 3.01. The number of anilines is 2. The number of hydrogen-bond acceptors (Lipinski definition) is 4. The van der Waals surface area contributed by atoms with Crippen molar-refractivity contribution in [2.24, 2.45) is 0 Å². The number of amides is 2. The minimum absolute atomic E-state index is 0.0243. The second-order valence-electron chi connectivity index (χ2n) is 6.80. The third-order valence-corrected chi connectivity index (χ3v) is 4.68. The van der Waals surface area contributed by atoms with Gasteiger partial charge in [-0.1, -0.05) is 35.0 Å². The summed E-state index contributed by atoms with van der Waals surface area (Å²) in [5.41, 5.74) is 5.37. The summed E-state index contributed by atoms with van der Waals surface area (Å²) in [4.78, 5) is 24.9. The molecule has 0 spiro atoms. The van der Waals surface area contributed by atoms with Crippen LogP contribution in [0.25, 0.3) is 0 Å². The van der Waals surface area contributed by atoms with E-state index in [-0.39, 0.29) is 24.1 Å². The molecule has 0 saturated carbocycles. The number of hydrogen-bond donors (Lipinski definition) is 2. The number of nitrogens with zero attached hydrogens (tertiary/aromatic N) is 3. The number of carbonyl (C=O) groups excluding carboxylic acids is 2. The molecule has 2 amide bonds. The van der Waals surface area contributed by atoms with Crippen LogP contribution < -0.4 is 10.6 Å². The zero-order valence-corrected chi connectivity index (χ0v) is 16.4. The maximum Gasteiger partial charge on any atom is 0.278 e. The molecule has 2 aromatic carbocycles. The Bertz CT molecular complexity index is 1020. The van der Waals surface area contributed by atoms with E-state index < -0.39 is 0 Å². The first-order chi connectivity index (χ1) is 13.3. The van der Waals surface area contributed by atoms with Crippen molar-refractivity contribution in [3.8, 4) is 0 Å². The quantitative estimate of drug-likeness (QED) is 0.713. The zero-order chi connectivity index (χ0) is 20.3. The molecular weight excluding hydrogens is 354 g/mol. The Morgan fingerprint density at radius 1 is 0.964 bits per heavy atom. The Labute approximate surface area is 163 Å². The van der Waals surface area contributed by atoms with Crippen LogP contribution in [0.2, 0.25) is 0 Å². The molecule has 3 aromatic rings. The van der Waals surface area contributed by atoms with E-state index in [0.29, 0.717) is 11.4 Å². The number of carbonyl (C=O) groups is 2. The van der Waals surface area contributed by atoms with Crippen LogP contribution in [-0.4, -0.2) is 26.8 Å². The Balaban J connectivity index is 1.69. The average molecular weight is 377 g/mol. The molecule has 7 nitrogen and oxygen atoms in total. The highest BCUT2D eigenvalue weighted by Gasteiger charge is 2.19. The Morgan fingerprint density at radius 2 is 1.68 bits per heavy atom. The van der Waals surface area contributed by atoms with Gasteiger partial charge in [-0.2, -0.15) is 0 Å². The van der Waals surface area contributed by atoms with Crippen LogP contribution in [0.4, 0.5) is 11.4 Å². The summed E-state index contributed by atoms with van der Waals surface area (Å²) < 4.78 is 1.42. The molecule has 28 heavy (non-hydrogen) atoms.